The Balaban J connectivity index is 3.11. The van der Waals surface area contributed by atoms with Crippen LogP contribution < -0.4 is 4.31 Å². The van der Waals surface area contributed by atoms with Crippen LogP contribution in [0.5, 0.6) is 0 Å². The van der Waals surface area contributed by atoms with E-state index in [1.54, 1.807) is 36.1 Å². The molecule has 5 nitrogen and oxygen atoms in total. The highest BCUT2D eigenvalue weighted by Gasteiger charge is 2.18. The molecule has 0 unspecified atom stereocenters. The highest BCUT2D eigenvalue weighted by molar-refractivity contribution is 7.92. The molecule has 0 aliphatic carbocycles. The highest BCUT2D eigenvalue weighted by atomic mass is 32.2. The van der Waals surface area contributed by atoms with E-state index in [9.17, 15) is 13.2 Å². The van der Waals surface area contributed by atoms with Gasteiger partial charge in [0.25, 0.3) is 5.91 Å². The lowest BCUT2D eigenvalue weighted by Crippen LogP contribution is -2.31. The Morgan fingerprint density at radius 3 is 2.25 bits per heavy atom. The monoisotopic (exact) mass is 298 g/mol. The van der Waals surface area contributed by atoms with Gasteiger partial charge < -0.3 is 4.90 Å². The molecule has 0 radical (unpaired) electrons. The second kappa shape index (κ2) is 6.74. The number of carbonyl (C=O) groups is 1. The number of amides is 1. The van der Waals surface area contributed by atoms with E-state index in [-0.39, 0.29) is 11.7 Å². The maximum absolute atomic E-state index is 12.3. The van der Waals surface area contributed by atoms with Gasteiger partial charge in [-0.3, -0.25) is 9.10 Å². The standard InChI is InChI=1S/C14H22N2O3S/c1-5-16(6-2)14(17)12-9-8-10-13(11-12)15(4)20(18,19)7-3/h8-11H,5-7H2,1-4H3. The maximum atomic E-state index is 12.3. The molecule has 0 aliphatic rings. The molecular weight excluding hydrogens is 276 g/mol. The number of anilines is 1. The Hall–Kier alpha value is -1.56. The van der Waals surface area contributed by atoms with E-state index in [0.717, 1.165) is 0 Å². The van der Waals surface area contributed by atoms with Gasteiger partial charge in [0.2, 0.25) is 10.0 Å². The Morgan fingerprint density at radius 2 is 1.75 bits per heavy atom. The summed E-state index contributed by atoms with van der Waals surface area (Å²) in [5, 5.41) is 0. The van der Waals surface area contributed by atoms with E-state index in [1.165, 1.54) is 11.4 Å². The number of carbonyl (C=O) groups excluding carboxylic acids is 1. The summed E-state index contributed by atoms with van der Waals surface area (Å²) in [4.78, 5) is 14.0. The Morgan fingerprint density at radius 1 is 1.15 bits per heavy atom. The molecule has 0 spiro atoms. The highest BCUT2D eigenvalue weighted by Crippen LogP contribution is 2.19. The van der Waals surface area contributed by atoms with Crippen LogP contribution in [0.1, 0.15) is 31.1 Å². The third kappa shape index (κ3) is 3.50. The fraction of sp³-hybridized carbons (Fsp3) is 0.500. The smallest absolute Gasteiger partial charge is 0.253 e. The maximum Gasteiger partial charge on any atom is 0.253 e. The molecule has 1 amide bonds. The Kier molecular flexibility index (Phi) is 5.56. The molecule has 0 aliphatic heterocycles. The van der Waals surface area contributed by atoms with Crippen LogP contribution in [0, 0.1) is 0 Å². The van der Waals surface area contributed by atoms with Crippen LogP contribution in [0.15, 0.2) is 24.3 Å². The first kappa shape index (κ1) is 16.5. The van der Waals surface area contributed by atoms with Gasteiger partial charge in [0.05, 0.1) is 11.4 Å². The summed E-state index contributed by atoms with van der Waals surface area (Å²) in [6.07, 6.45) is 0. The minimum absolute atomic E-state index is 0.0255. The molecule has 0 saturated carbocycles. The molecule has 0 aromatic heterocycles. The van der Waals surface area contributed by atoms with Crippen molar-refractivity contribution in [1.82, 2.24) is 4.90 Å². The zero-order valence-corrected chi connectivity index (χ0v) is 13.3. The number of benzene rings is 1. The summed E-state index contributed by atoms with van der Waals surface area (Å²) in [7, 11) is -1.82. The predicted octanol–water partition coefficient (Wildman–Crippen LogP) is 1.95. The van der Waals surface area contributed by atoms with Gasteiger partial charge in [-0.2, -0.15) is 0 Å². The van der Waals surface area contributed by atoms with Crippen LogP contribution in [0.3, 0.4) is 0 Å². The lowest BCUT2D eigenvalue weighted by Gasteiger charge is -2.21. The third-order valence-electron chi connectivity index (χ3n) is 3.29. The number of hydrogen-bond acceptors (Lipinski definition) is 3. The van der Waals surface area contributed by atoms with E-state index in [0.29, 0.717) is 24.3 Å². The molecule has 112 valence electrons. The average Bonchev–Trinajstić information content (AvgIpc) is 2.47. The topological polar surface area (TPSA) is 57.7 Å². The largest absolute Gasteiger partial charge is 0.339 e. The first-order chi connectivity index (χ1) is 9.37. The molecule has 6 heteroatoms. The normalized spacial score (nSPS) is 11.2. The van der Waals surface area contributed by atoms with Crippen molar-refractivity contribution in [1.29, 1.82) is 0 Å². The van der Waals surface area contributed by atoms with Crippen LogP contribution in [0.2, 0.25) is 0 Å². The zero-order valence-electron chi connectivity index (χ0n) is 12.5. The summed E-state index contributed by atoms with van der Waals surface area (Å²) in [6.45, 7) is 6.68. The SMILES string of the molecule is CCN(CC)C(=O)c1cccc(N(C)S(=O)(=O)CC)c1. The molecule has 0 saturated heterocycles. The molecular formula is C14H22N2O3S. The first-order valence-corrected chi connectivity index (χ1v) is 8.34. The van der Waals surface area contributed by atoms with Gasteiger partial charge in [-0.05, 0) is 39.0 Å². The minimum Gasteiger partial charge on any atom is -0.339 e. The van der Waals surface area contributed by atoms with Crippen LogP contribution in [0.25, 0.3) is 0 Å². The summed E-state index contributed by atoms with van der Waals surface area (Å²) in [5.74, 6) is -0.0586. The van der Waals surface area contributed by atoms with Crippen molar-refractivity contribution in [3.63, 3.8) is 0 Å². The van der Waals surface area contributed by atoms with Gasteiger partial charge in [-0.1, -0.05) is 6.07 Å². The number of nitrogens with zero attached hydrogens (tertiary/aromatic N) is 2. The second-order valence-electron chi connectivity index (χ2n) is 4.40. The fourth-order valence-electron chi connectivity index (χ4n) is 1.88. The van der Waals surface area contributed by atoms with E-state index in [2.05, 4.69) is 0 Å². The van der Waals surface area contributed by atoms with Crippen LogP contribution >= 0.6 is 0 Å². The van der Waals surface area contributed by atoms with Crippen molar-refractivity contribution in [2.75, 3.05) is 30.2 Å². The van der Waals surface area contributed by atoms with Crippen molar-refractivity contribution in [3.8, 4) is 0 Å². The second-order valence-corrected chi connectivity index (χ2v) is 6.68. The summed E-state index contributed by atoms with van der Waals surface area (Å²) < 4.78 is 24.9. The molecule has 0 fully saturated rings. The molecule has 1 aromatic carbocycles. The van der Waals surface area contributed by atoms with Crippen molar-refractivity contribution in [2.24, 2.45) is 0 Å². The molecule has 0 atom stereocenters. The molecule has 1 aromatic rings. The van der Waals surface area contributed by atoms with Crippen molar-refractivity contribution >= 4 is 21.6 Å². The van der Waals surface area contributed by atoms with Crippen LogP contribution in [0.4, 0.5) is 5.69 Å². The molecule has 0 bridgehead atoms. The third-order valence-corrected chi connectivity index (χ3v) is 5.06. The lowest BCUT2D eigenvalue weighted by atomic mass is 10.1. The molecule has 20 heavy (non-hydrogen) atoms. The first-order valence-electron chi connectivity index (χ1n) is 6.73. The minimum atomic E-state index is -3.32. The predicted molar refractivity (Wildman–Crippen MR) is 81.6 cm³/mol. The van der Waals surface area contributed by atoms with Crippen molar-refractivity contribution in [2.45, 2.75) is 20.8 Å². The van der Waals surface area contributed by atoms with Crippen LogP contribution in [-0.2, 0) is 10.0 Å². The number of sulfonamides is 1. The van der Waals surface area contributed by atoms with Gasteiger partial charge in [-0.25, -0.2) is 8.42 Å². The van der Waals surface area contributed by atoms with Gasteiger partial charge in [0.1, 0.15) is 0 Å². The van der Waals surface area contributed by atoms with E-state index < -0.39 is 10.0 Å². The average molecular weight is 298 g/mol. The Bertz CT molecular complexity index is 566. The van der Waals surface area contributed by atoms with Crippen molar-refractivity contribution in [3.05, 3.63) is 29.8 Å². The Labute approximate surface area is 121 Å². The number of hydrogen-bond donors (Lipinski definition) is 0. The van der Waals surface area contributed by atoms with Gasteiger partial charge >= 0.3 is 0 Å². The zero-order chi connectivity index (χ0) is 15.3. The van der Waals surface area contributed by atoms with Gasteiger partial charge in [0, 0.05) is 25.7 Å². The van der Waals surface area contributed by atoms with E-state index >= 15 is 0 Å². The molecule has 0 heterocycles. The van der Waals surface area contributed by atoms with Gasteiger partial charge in [-0.15, -0.1) is 0 Å². The van der Waals surface area contributed by atoms with E-state index in [1.807, 2.05) is 13.8 Å². The summed E-state index contributed by atoms with van der Waals surface area (Å²) in [6, 6.07) is 6.71. The quantitative estimate of drug-likeness (QED) is 0.806. The van der Waals surface area contributed by atoms with Crippen LogP contribution in [-0.4, -0.2) is 45.1 Å². The van der Waals surface area contributed by atoms with Gasteiger partial charge in [0.15, 0.2) is 0 Å². The summed E-state index contributed by atoms with van der Waals surface area (Å²) >= 11 is 0. The van der Waals surface area contributed by atoms with E-state index in [4.69, 9.17) is 0 Å². The molecule has 1 rings (SSSR count). The molecule has 0 N–H and O–H groups in total. The summed E-state index contributed by atoms with van der Waals surface area (Å²) in [5.41, 5.74) is 1.01. The van der Waals surface area contributed by atoms with Crippen molar-refractivity contribution < 1.29 is 13.2 Å². The number of rotatable bonds is 6. The lowest BCUT2D eigenvalue weighted by molar-refractivity contribution is 0.0773. The fourth-order valence-corrected chi connectivity index (χ4v) is 2.70.